The summed E-state index contributed by atoms with van der Waals surface area (Å²) in [5.74, 6) is 0. The van der Waals surface area contributed by atoms with E-state index >= 15 is 0 Å². The van der Waals surface area contributed by atoms with Gasteiger partial charge in [-0.3, -0.25) is 0 Å². The lowest BCUT2D eigenvalue weighted by atomic mass is 10.7. The van der Waals surface area contributed by atoms with Gasteiger partial charge in [0.2, 0.25) is 0 Å². The normalized spacial score (nSPS) is 5.17. The molecule has 0 saturated carbocycles. The van der Waals surface area contributed by atoms with Crippen LogP contribution in [-0.2, 0) is 0 Å². The zero-order chi connectivity index (χ0) is 5.41. The number of hydrogen-bond donors (Lipinski definition) is 1. The van der Waals surface area contributed by atoms with E-state index in [1.54, 1.807) is 0 Å². The molecule has 31 valence electrons. The highest BCUT2D eigenvalue weighted by Gasteiger charge is 2.16. The molecule has 0 aromatic heterocycles. The summed E-state index contributed by atoms with van der Waals surface area (Å²) in [5.41, 5.74) is 0. The molecule has 1 N–H and O–H groups in total. The first-order chi connectivity index (χ1) is 2.91. The van der Waals surface area contributed by atoms with Crippen LogP contribution in [0.15, 0.2) is 12.7 Å². The Kier molecular flexibility index (Phi) is 28.3. The second-order valence-electron chi connectivity index (χ2n) is 0.471. The van der Waals surface area contributed by atoms with Crippen molar-refractivity contribution >= 4 is 29.7 Å². The topological polar surface area (TPSA) is 20.2 Å². The van der Waals surface area contributed by atoms with Gasteiger partial charge in [-0.1, -0.05) is 6.08 Å². The van der Waals surface area contributed by atoms with Gasteiger partial charge in [0.1, 0.15) is 0 Å². The third kappa shape index (κ3) is 21.8. The molecule has 0 aliphatic rings. The summed E-state index contributed by atoms with van der Waals surface area (Å²) in [6.07, 6.45) is 1.43. The van der Waals surface area contributed by atoms with E-state index in [0.29, 0.717) is 0 Å². The summed E-state index contributed by atoms with van der Waals surface area (Å²) >= 11 is 1.33. The van der Waals surface area contributed by atoms with Crippen LogP contribution in [0.2, 0.25) is 0 Å². The Labute approximate surface area is 54.2 Å². The third-order valence-electron chi connectivity index (χ3n) is 0.129. The number of rotatable bonds is 1. The van der Waals surface area contributed by atoms with Crippen LogP contribution in [0.25, 0.3) is 0 Å². The van der Waals surface area contributed by atoms with Gasteiger partial charge in [0.05, 0.1) is 6.61 Å². The van der Waals surface area contributed by atoms with Crippen molar-refractivity contribution in [1.29, 1.82) is 0 Å². The Balaban J connectivity index is 0. The first-order valence-corrected chi connectivity index (χ1v) is 3.54. The minimum absolute atomic E-state index is 0.0833. The maximum absolute atomic E-state index is 7.76. The molecule has 0 spiro atoms. The minimum atomic E-state index is 0.0833. The SMILES string of the molecule is C=CCO.[Mg+2][Cl]. The molecule has 0 rings (SSSR count). The molecular weight excluding hydrogens is 112 g/mol. The number of aliphatic hydroxyl groups is 1. The average molecular weight is 118 g/mol. The number of halogens is 1. The molecule has 0 aliphatic carbocycles. The Morgan fingerprint density at radius 3 is 2.00 bits per heavy atom. The van der Waals surface area contributed by atoms with Gasteiger partial charge in [0.25, 0.3) is 0 Å². The van der Waals surface area contributed by atoms with E-state index in [1.807, 2.05) is 0 Å². The molecule has 7 radical (unpaired) electrons. The van der Waals surface area contributed by atoms with Crippen molar-refractivity contribution in [3.8, 4) is 0 Å². The quantitative estimate of drug-likeness (QED) is 0.392. The van der Waals surface area contributed by atoms with E-state index in [1.165, 1.54) is 26.7 Å². The molecular formula is C3H6ClMgO+2. The first kappa shape index (κ1) is 9.90. The Morgan fingerprint density at radius 1 is 1.83 bits per heavy atom. The van der Waals surface area contributed by atoms with Gasteiger partial charge < -0.3 is 5.11 Å². The predicted molar refractivity (Wildman–Crippen MR) is 28.9 cm³/mol. The molecule has 0 aromatic carbocycles. The predicted octanol–water partition coefficient (Wildman–Crippen LogP) is 0.473. The molecule has 6 heavy (non-hydrogen) atoms. The van der Waals surface area contributed by atoms with Crippen molar-refractivity contribution in [2.24, 2.45) is 0 Å². The number of aliphatic hydroxyl groups excluding tert-OH is 1. The van der Waals surface area contributed by atoms with Crippen molar-refractivity contribution in [2.75, 3.05) is 6.61 Å². The van der Waals surface area contributed by atoms with Gasteiger partial charge in [0, 0.05) is 0 Å². The molecule has 0 fully saturated rings. The summed E-state index contributed by atoms with van der Waals surface area (Å²) in [5, 5.41) is 7.76. The van der Waals surface area contributed by atoms with Crippen LogP contribution in [0.3, 0.4) is 0 Å². The highest BCUT2D eigenvalue weighted by atomic mass is 35.5. The molecule has 0 heterocycles. The Bertz CT molecular complexity index is 24.8. The maximum Gasteiger partial charge on any atom is 1.59 e. The lowest BCUT2D eigenvalue weighted by molar-refractivity contribution is 0.343. The lowest BCUT2D eigenvalue weighted by Gasteiger charge is -1.60. The van der Waals surface area contributed by atoms with Gasteiger partial charge in [-0.15, -0.1) is 6.58 Å². The van der Waals surface area contributed by atoms with Crippen LogP contribution in [0, 0.1) is 0 Å². The minimum Gasteiger partial charge on any atom is -0.392 e. The Morgan fingerprint density at radius 2 is 2.00 bits per heavy atom. The summed E-state index contributed by atoms with van der Waals surface area (Å²) in [4.78, 5) is 0. The second-order valence-corrected chi connectivity index (χ2v) is 0.471. The van der Waals surface area contributed by atoms with E-state index < -0.39 is 0 Å². The van der Waals surface area contributed by atoms with Crippen LogP contribution < -0.4 is 0 Å². The average Bonchev–Trinajstić information content (AvgIpc) is 1.72. The fraction of sp³-hybridized carbons (Fsp3) is 0.333. The third-order valence-corrected chi connectivity index (χ3v) is 0.129. The molecule has 0 saturated heterocycles. The maximum atomic E-state index is 7.76. The van der Waals surface area contributed by atoms with Crippen molar-refractivity contribution in [3.05, 3.63) is 12.7 Å². The van der Waals surface area contributed by atoms with Gasteiger partial charge in [-0.25, -0.2) is 0 Å². The van der Waals surface area contributed by atoms with E-state index in [2.05, 4.69) is 15.7 Å². The summed E-state index contributed by atoms with van der Waals surface area (Å²) < 4.78 is 0. The molecule has 0 bridgehead atoms. The zero-order valence-corrected chi connectivity index (χ0v) is 5.69. The molecule has 0 unspecified atom stereocenters. The van der Waals surface area contributed by atoms with Crippen LogP contribution in [-0.4, -0.2) is 32.3 Å². The molecule has 1 nitrogen and oxygen atoms in total. The van der Waals surface area contributed by atoms with Crippen molar-refractivity contribution in [2.45, 2.75) is 0 Å². The summed E-state index contributed by atoms with van der Waals surface area (Å²) in [6, 6.07) is 0. The molecule has 0 atom stereocenters. The number of hydrogen-bond acceptors (Lipinski definition) is 1. The second kappa shape index (κ2) is 17.1. The van der Waals surface area contributed by atoms with Crippen LogP contribution >= 0.6 is 9.07 Å². The molecule has 0 amide bonds. The highest BCUT2D eigenvalue weighted by Crippen LogP contribution is 1.46. The Hall–Kier alpha value is 0.756. The molecule has 0 aromatic rings. The van der Waals surface area contributed by atoms with E-state index in [4.69, 9.17) is 5.11 Å². The van der Waals surface area contributed by atoms with Crippen molar-refractivity contribution in [3.63, 3.8) is 0 Å². The van der Waals surface area contributed by atoms with Gasteiger partial charge >= 0.3 is 29.7 Å². The highest BCUT2D eigenvalue weighted by molar-refractivity contribution is 6.80. The van der Waals surface area contributed by atoms with E-state index in [-0.39, 0.29) is 6.61 Å². The fourth-order valence-electron chi connectivity index (χ4n) is 0. The van der Waals surface area contributed by atoms with Crippen LogP contribution in [0.5, 0.6) is 0 Å². The summed E-state index contributed by atoms with van der Waals surface area (Å²) in [7, 11) is 4.67. The van der Waals surface area contributed by atoms with Crippen molar-refractivity contribution in [1.82, 2.24) is 0 Å². The van der Waals surface area contributed by atoms with Crippen LogP contribution in [0.4, 0.5) is 0 Å². The van der Waals surface area contributed by atoms with Crippen LogP contribution in [0.1, 0.15) is 0 Å². The van der Waals surface area contributed by atoms with Gasteiger partial charge in [-0.2, -0.15) is 0 Å². The monoisotopic (exact) mass is 117 g/mol. The van der Waals surface area contributed by atoms with Crippen molar-refractivity contribution < 1.29 is 5.11 Å². The van der Waals surface area contributed by atoms with Gasteiger partial charge in [-0.05, 0) is 0 Å². The van der Waals surface area contributed by atoms with E-state index in [9.17, 15) is 0 Å². The first-order valence-electron chi connectivity index (χ1n) is 1.40. The standard InChI is InChI=1S/C3H6O.ClH.Mg/c1-2-3-4;;/h2,4H,1,3H2;1H;/q;;+3/p-1. The van der Waals surface area contributed by atoms with E-state index in [0.717, 1.165) is 0 Å². The lowest BCUT2D eigenvalue weighted by Crippen LogP contribution is -1.62. The molecule has 0 aliphatic heterocycles. The zero-order valence-electron chi connectivity index (χ0n) is 3.52. The smallest absolute Gasteiger partial charge is 0.392 e. The largest absolute Gasteiger partial charge is 1.59 e. The summed E-state index contributed by atoms with van der Waals surface area (Å²) in [6.45, 7) is 3.31. The molecule has 3 heteroatoms. The van der Waals surface area contributed by atoms with Gasteiger partial charge in [0.15, 0.2) is 0 Å². The fourth-order valence-corrected chi connectivity index (χ4v) is 0.